The Bertz CT molecular complexity index is 715. The van der Waals surface area contributed by atoms with Gasteiger partial charge in [-0.3, -0.25) is 4.79 Å². The van der Waals surface area contributed by atoms with E-state index < -0.39 is 0 Å². The second-order valence-corrected chi connectivity index (χ2v) is 6.91. The van der Waals surface area contributed by atoms with Crippen LogP contribution < -0.4 is 5.32 Å². The topological polar surface area (TPSA) is 71.3 Å². The van der Waals surface area contributed by atoms with Gasteiger partial charge in [0.2, 0.25) is 17.6 Å². The van der Waals surface area contributed by atoms with Crippen LogP contribution in [0.5, 0.6) is 0 Å². The van der Waals surface area contributed by atoms with Crippen molar-refractivity contribution in [1.82, 2.24) is 20.4 Å². The Morgan fingerprint density at radius 2 is 2.00 bits per heavy atom. The molecule has 26 heavy (non-hydrogen) atoms. The van der Waals surface area contributed by atoms with Gasteiger partial charge in [-0.2, -0.15) is 4.98 Å². The third-order valence-electron chi connectivity index (χ3n) is 5.19. The van der Waals surface area contributed by atoms with Gasteiger partial charge in [-0.1, -0.05) is 35.5 Å². The van der Waals surface area contributed by atoms with Crippen molar-refractivity contribution in [1.29, 1.82) is 0 Å². The molecule has 0 spiro atoms. The lowest BCUT2D eigenvalue weighted by molar-refractivity contribution is -0.140. The molecule has 2 atom stereocenters. The van der Waals surface area contributed by atoms with Crippen LogP contribution in [0, 0.1) is 5.92 Å². The zero-order chi connectivity index (χ0) is 17.1. The Morgan fingerprint density at radius 3 is 2.77 bits per heavy atom. The first-order chi connectivity index (χ1) is 12.3. The first kappa shape index (κ1) is 18.9. The molecule has 0 aliphatic carbocycles. The summed E-state index contributed by atoms with van der Waals surface area (Å²) < 4.78 is 5.56. The number of likely N-dealkylation sites (tertiary alicyclic amines) is 1. The van der Waals surface area contributed by atoms with Crippen LogP contribution >= 0.6 is 12.4 Å². The fourth-order valence-corrected chi connectivity index (χ4v) is 3.82. The summed E-state index contributed by atoms with van der Waals surface area (Å²) in [5.41, 5.74) is 0.933. The van der Waals surface area contributed by atoms with Gasteiger partial charge in [-0.05, 0) is 38.6 Å². The van der Waals surface area contributed by atoms with Gasteiger partial charge in [-0.15, -0.1) is 12.4 Å². The number of nitrogens with zero attached hydrogens (tertiary/aromatic N) is 3. The van der Waals surface area contributed by atoms with E-state index in [1.54, 1.807) is 0 Å². The molecular formula is C19H25ClN4O2. The van der Waals surface area contributed by atoms with E-state index >= 15 is 0 Å². The highest BCUT2D eigenvalue weighted by atomic mass is 35.5. The van der Waals surface area contributed by atoms with Gasteiger partial charge in [0.15, 0.2) is 0 Å². The first-order valence-electron chi connectivity index (χ1n) is 9.23. The van der Waals surface area contributed by atoms with Gasteiger partial charge in [0.05, 0.1) is 5.92 Å². The minimum atomic E-state index is -0.0897. The summed E-state index contributed by atoms with van der Waals surface area (Å²) >= 11 is 0. The molecule has 140 valence electrons. The van der Waals surface area contributed by atoms with E-state index in [0.717, 1.165) is 57.3 Å². The van der Waals surface area contributed by atoms with Gasteiger partial charge in [0.25, 0.3) is 0 Å². The van der Waals surface area contributed by atoms with Gasteiger partial charge in [0, 0.05) is 18.7 Å². The van der Waals surface area contributed by atoms with Crippen molar-refractivity contribution in [2.24, 2.45) is 5.92 Å². The highest BCUT2D eigenvalue weighted by Crippen LogP contribution is 2.33. The standard InChI is InChI=1S/C19H24N4O2.ClH/c24-19(15-9-6-11-20-13-15)23-12-5-4-10-16(23)18-21-17(22-25-18)14-7-2-1-3-8-14;/h1-3,7-8,15-16,20H,4-6,9-13H2;1H. The van der Waals surface area contributed by atoms with E-state index in [4.69, 9.17) is 4.52 Å². The van der Waals surface area contributed by atoms with Crippen LogP contribution in [0.3, 0.4) is 0 Å². The largest absolute Gasteiger partial charge is 0.337 e. The highest BCUT2D eigenvalue weighted by molar-refractivity contribution is 5.85. The van der Waals surface area contributed by atoms with Crippen LogP contribution in [0.25, 0.3) is 11.4 Å². The Hall–Kier alpha value is -1.92. The molecule has 1 aromatic heterocycles. The van der Waals surface area contributed by atoms with Crippen molar-refractivity contribution in [3.8, 4) is 11.4 Å². The third kappa shape index (κ3) is 3.91. The lowest BCUT2D eigenvalue weighted by Crippen LogP contribution is -2.46. The maximum atomic E-state index is 13.0. The van der Waals surface area contributed by atoms with E-state index in [0.29, 0.717) is 11.7 Å². The molecule has 0 bridgehead atoms. The van der Waals surface area contributed by atoms with Crippen molar-refractivity contribution >= 4 is 18.3 Å². The average molecular weight is 377 g/mol. The second-order valence-electron chi connectivity index (χ2n) is 6.91. The molecule has 3 heterocycles. The Kier molecular flexibility index (Phi) is 6.27. The minimum absolute atomic E-state index is 0. The van der Waals surface area contributed by atoms with E-state index in [1.807, 2.05) is 35.2 Å². The summed E-state index contributed by atoms with van der Waals surface area (Å²) in [7, 11) is 0. The summed E-state index contributed by atoms with van der Waals surface area (Å²) in [6.07, 6.45) is 5.05. The van der Waals surface area contributed by atoms with Crippen LogP contribution in [-0.2, 0) is 4.79 Å². The molecule has 1 amide bonds. The molecular weight excluding hydrogens is 352 g/mol. The Balaban J connectivity index is 0.00000196. The highest BCUT2D eigenvalue weighted by Gasteiger charge is 2.35. The fraction of sp³-hybridized carbons (Fsp3) is 0.526. The number of hydrogen-bond acceptors (Lipinski definition) is 5. The van der Waals surface area contributed by atoms with E-state index in [-0.39, 0.29) is 30.3 Å². The maximum absolute atomic E-state index is 13.0. The van der Waals surface area contributed by atoms with Crippen molar-refractivity contribution in [2.45, 2.75) is 38.1 Å². The number of halogens is 1. The van der Waals surface area contributed by atoms with Crippen LogP contribution in [0.4, 0.5) is 0 Å². The van der Waals surface area contributed by atoms with E-state index in [2.05, 4.69) is 15.5 Å². The number of carbonyl (C=O) groups excluding carboxylic acids is 1. The molecule has 2 aromatic rings. The smallest absolute Gasteiger partial charge is 0.249 e. The van der Waals surface area contributed by atoms with Crippen molar-refractivity contribution in [2.75, 3.05) is 19.6 Å². The molecule has 6 nitrogen and oxygen atoms in total. The monoisotopic (exact) mass is 376 g/mol. The molecule has 2 aliphatic heterocycles. The lowest BCUT2D eigenvalue weighted by Gasteiger charge is -2.36. The molecule has 2 fully saturated rings. The number of benzene rings is 1. The quantitative estimate of drug-likeness (QED) is 0.890. The number of amides is 1. The van der Waals surface area contributed by atoms with Crippen LogP contribution in [0.15, 0.2) is 34.9 Å². The Morgan fingerprint density at radius 1 is 1.15 bits per heavy atom. The normalized spacial score (nSPS) is 23.3. The number of nitrogens with one attached hydrogen (secondary N) is 1. The van der Waals surface area contributed by atoms with Crippen molar-refractivity contribution in [3.63, 3.8) is 0 Å². The minimum Gasteiger partial charge on any atom is -0.337 e. The molecule has 2 saturated heterocycles. The van der Waals surface area contributed by atoms with E-state index in [9.17, 15) is 4.79 Å². The van der Waals surface area contributed by atoms with Gasteiger partial charge < -0.3 is 14.7 Å². The lowest BCUT2D eigenvalue weighted by atomic mass is 9.94. The number of aromatic nitrogens is 2. The molecule has 0 saturated carbocycles. The molecule has 2 unspecified atom stereocenters. The zero-order valence-corrected chi connectivity index (χ0v) is 15.6. The average Bonchev–Trinajstić information content (AvgIpc) is 3.19. The molecule has 4 rings (SSSR count). The SMILES string of the molecule is Cl.O=C(C1CCCNC1)N1CCCCC1c1nc(-c2ccccc2)no1. The summed E-state index contributed by atoms with van der Waals surface area (Å²) in [5, 5.41) is 7.47. The molecule has 1 aromatic carbocycles. The number of carbonyl (C=O) groups is 1. The maximum Gasteiger partial charge on any atom is 0.249 e. The van der Waals surface area contributed by atoms with Crippen LogP contribution in [0.2, 0.25) is 0 Å². The van der Waals surface area contributed by atoms with E-state index in [1.165, 1.54) is 0 Å². The summed E-state index contributed by atoms with van der Waals surface area (Å²) in [6.45, 7) is 2.57. The second kappa shape index (κ2) is 8.64. The van der Waals surface area contributed by atoms with Crippen molar-refractivity contribution < 1.29 is 9.32 Å². The van der Waals surface area contributed by atoms with Gasteiger partial charge in [0.1, 0.15) is 6.04 Å². The zero-order valence-electron chi connectivity index (χ0n) is 14.8. The number of rotatable bonds is 3. The Labute approximate surface area is 159 Å². The fourth-order valence-electron chi connectivity index (χ4n) is 3.82. The number of hydrogen-bond donors (Lipinski definition) is 1. The van der Waals surface area contributed by atoms with Crippen LogP contribution in [0.1, 0.15) is 44.0 Å². The molecule has 0 radical (unpaired) electrons. The molecule has 7 heteroatoms. The summed E-state index contributed by atoms with van der Waals surface area (Å²) in [4.78, 5) is 19.6. The summed E-state index contributed by atoms with van der Waals surface area (Å²) in [5.74, 6) is 1.46. The predicted octanol–water partition coefficient (Wildman–Crippen LogP) is 3.21. The van der Waals surface area contributed by atoms with Gasteiger partial charge in [-0.25, -0.2) is 0 Å². The molecule has 1 N–H and O–H groups in total. The first-order valence-corrected chi connectivity index (χ1v) is 9.23. The number of piperidine rings is 2. The predicted molar refractivity (Wildman–Crippen MR) is 101 cm³/mol. The molecule has 2 aliphatic rings. The van der Waals surface area contributed by atoms with Crippen LogP contribution in [-0.4, -0.2) is 40.6 Å². The summed E-state index contributed by atoms with van der Waals surface area (Å²) in [6, 6.07) is 9.71. The van der Waals surface area contributed by atoms with Crippen molar-refractivity contribution in [3.05, 3.63) is 36.2 Å². The third-order valence-corrected chi connectivity index (χ3v) is 5.19. The van der Waals surface area contributed by atoms with Gasteiger partial charge >= 0.3 is 0 Å².